The van der Waals surface area contributed by atoms with Gasteiger partial charge in [0.15, 0.2) is 0 Å². The number of amides is 1. The summed E-state index contributed by atoms with van der Waals surface area (Å²) in [6.45, 7) is 4.42. The molecule has 1 aliphatic heterocycles. The Bertz CT molecular complexity index is 891. The molecule has 4 nitrogen and oxygen atoms in total. The molecule has 0 spiro atoms. The smallest absolute Gasteiger partial charge is 0.245 e. The zero-order chi connectivity index (χ0) is 18.7. The van der Waals surface area contributed by atoms with E-state index in [0.29, 0.717) is 13.2 Å². The van der Waals surface area contributed by atoms with Crippen molar-refractivity contribution in [2.75, 3.05) is 13.7 Å². The topological polar surface area (TPSA) is 49.8 Å². The summed E-state index contributed by atoms with van der Waals surface area (Å²) in [6.07, 6.45) is 7.47. The molecule has 2 aromatic rings. The van der Waals surface area contributed by atoms with Gasteiger partial charge >= 0.3 is 0 Å². The second kappa shape index (κ2) is 7.47. The van der Waals surface area contributed by atoms with E-state index in [1.807, 2.05) is 30.3 Å². The molecule has 1 N–H and O–H groups in total. The minimum absolute atomic E-state index is 0.0898. The number of hydrogen-bond acceptors (Lipinski definition) is 3. The molecule has 0 aliphatic carbocycles. The van der Waals surface area contributed by atoms with E-state index in [-0.39, 0.29) is 12.5 Å². The zero-order valence-electron chi connectivity index (χ0n) is 14.8. The van der Waals surface area contributed by atoms with Crippen LogP contribution in [0.3, 0.4) is 0 Å². The second-order valence-corrected chi connectivity index (χ2v) is 6.25. The fraction of sp³-hybridized carbons (Fsp3) is 0.227. The molecule has 1 amide bonds. The highest BCUT2D eigenvalue weighted by atomic mass is 16.5. The van der Waals surface area contributed by atoms with Gasteiger partial charge in [-0.05, 0) is 41.0 Å². The average Bonchev–Trinajstić information content (AvgIpc) is 3.16. The first kappa shape index (κ1) is 17.8. The van der Waals surface area contributed by atoms with E-state index in [1.165, 1.54) is 6.08 Å². The van der Waals surface area contributed by atoms with E-state index in [9.17, 15) is 9.90 Å². The molecule has 0 unspecified atom stereocenters. The van der Waals surface area contributed by atoms with Crippen molar-refractivity contribution in [2.45, 2.75) is 19.6 Å². The molecule has 0 saturated carbocycles. The molecule has 1 aliphatic rings. The van der Waals surface area contributed by atoms with Crippen LogP contribution in [0.1, 0.15) is 22.3 Å². The summed E-state index contributed by atoms with van der Waals surface area (Å²) >= 11 is 0. The van der Waals surface area contributed by atoms with Gasteiger partial charge in [0.2, 0.25) is 5.91 Å². The second-order valence-electron chi connectivity index (χ2n) is 6.25. The average molecular weight is 347 g/mol. The number of rotatable bonds is 5. The Hall–Kier alpha value is -3.03. The van der Waals surface area contributed by atoms with Crippen LogP contribution in [0.5, 0.6) is 5.75 Å². The number of benzene rings is 2. The molecule has 0 saturated heterocycles. The maximum absolute atomic E-state index is 11.9. The van der Waals surface area contributed by atoms with Crippen LogP contribution >= 0.6 is 0 Å². The van der Waals surface area contributed by atoms with Gasteiger partial charge in [-0.1, -0.05) is 24.6 Å². The summed E-state index contributed by atoms with van der Waals surface area (Å²) in [6, 6.07) is 9.71. The van der Waals surface area contributed by atoms with Crippen molar-refractivity contribution in [3.8, 4) is 29.2 Å². The van der Waals surface area contributed by atoms with Crippen molar-refractivity contribution >= 4 is 5.91 Å². The van der Waals surface area contributed by atoms with Gasteiger partial charge in [0.05, 0.1) is 13.2 Å². The van der Waals surface area contributed by atoms with Gasteiger partial charge in [-0.3, -0.25) is 4.79 Å². The van der Waals surface area contributed by atoms with E-state index >= 15 is 0 Å². The van der Waals surface area contributed by atoms with Crippen LogP contribution in [0.25, 0.3) is 11.1 Å². The minimum atomic E-state index is -0.162. The summed E-state index contributed by atoms with van der Waals surface area (Å²) in [5.41, 5.74) is 5.52. The standard InChI is InChI=1S/C22H21NO3/c1-4-15-6-8-16(9-7-15)19-12-17(13-23(3)21(25)5-2)20(14-24)18-10-11-26-22(18)19/h1,5-9,12,24H,2,10-11,13-14H2,3H3. The largest absolute Gasteiger partial charge is 0.492 e. The molecule has 0 radical (unpaired) electrons. The highest BCUT2D eigenvalue weighted by molar-refractivity contribution is 5.86. The monoisotopic (exact) mass is 347 g/mol. The summed E-state index contributed by atoms with van der Waals surface area (Å²) < 4.78 is 5.86. The van der Waals surface area contributed by atoms with Crippen LogP contribution in [-0.4, -0.2) is 29.6 Å². The third-order valence-corrected chi connectivity index (χ3v) is 4.67. The molecule has 26 heavy (non-hydrogen) atoms. The molecular weight excluding hydrogens is 326 g/mol. The third kappa shape index (κ3) is 3.22. The summed E-state index contributed by atoms with van der Waals surface area (Å²) in [5, 5.41) is 9.92. The quantitative estimate of drug-likeness (QED) is 0.668. The fourth-order valence-corrected chi connectivity index (χ4v) is 3.29. The molecule has 0 aromatic heterocycles. The highest BCUT2D eigenvalue weighted by Crippen LogP contribution is 2.41. The van der Waals surface area contributed by atoms with E-state index in [4.69, 9.17) is 11.2 Å². The summed E-state index contributed by atoms with van der Waals surface area (Å²) in [5.74, 6) is 3.26. The van der Waals surface area contributed by atoms with Crippen LogP contribution in [-0.2, 0) is 24.4 Å². The number of carbonyl (C=O) groups is 1. The van der Waals surface area contributed by atoms with Gasteiger partial charge in [-0.2, -0.15) is 0 Å². The molecule has 3 rings (SSSR count). The number of hydrogen-bond donors (Lipinski definition) is 1. The zero-order valence-corrected chi connectivity index (χ0v) is 14.8. The Morgan fingerprint density at radius 3 is 2.77 bits per heavy atom. The van der Waals surface area contributed by atoms with Crippen molar-refractivity contribution in [3.63, 3.8) is 0 Å². The first-order chi connectivity index (χ1) is 12.6. The molecule has 0 fully saturated rings. The lowest BCUT2D eigenvalue weighted by atomic mass is 9.92. The van der Waals surface area contributed by atoms with Crippen LogP contribution in [0.2, 0.25) is 0 Å². The Balaban J connectivity index is 2.11. The van der Waals surface area contributed by atoms with Gasteiger partial charge in [0, 0.05) is 36.7 Å². The molecule has 4 heteroatoms. The number of likely N-dealkylation sites (N-methyl/N-ethyl adjacent to an activating group) is 1. The van der Waals surface area contributed by atoms with E-state index < -0.39 is 0 Å². The first-order valence-corrected chi connectivity index (χ1v) is 8.45. The van der Waals surface area contributed by atoms with Crippen molar-refractivity contribution in [3.05, 3.63) is 65.2 Å². The van der Waals surface area contributed by atoms with Crippen molar-refractivity contribution in [1.29, 1.82) is 0 Å². The Morgan fingerprint density at radius 1 is 1.42 bits per heavy atom. The summed E-state index contributed by atoms with van der Waals surface area (Å²) in [4.78, 5) is 13.5. The summed E-state index contributed by atoms with van der Waals surface area (Å²) in [7, 11) is 1.72. The molecule has 2 aromatic carbocycles. The predicted octanol–water partition coefficient (Wildman–Crippen LogP) is 2.91. The lowest BCUT2D eigenvalue weighted by Crippen LogP contribution is -2.24. The maximum atomic E-state index is 11.9. The molecule has 1 heterocycles. The van der Waals surface area contributed by atoms with Crippen molar-refractivity contribution in [1.82, 2.24) is 4.90 Å². The van der Waals surface area contributed by atoms with Crippen molar-refractivity contribution < 1.29 is 14.6 Å². The van der Waals surface area contributed by atoms with Crippen LogP contribution in [0.15, 0.2) is 43.0 Å². The van der Waals surface area contributed by atoms with Crippen LogP contribution < -0.4 is 4.74 Å². The number of carbonyl (C=O) groups excluding carboxylic acids is 1. The normalized spacial score (nSPS) is 12.0. The van der Waals surface area contributed by atoms with Crippen LogP contribution in [0.4, 0.5) is 0 Å². The Kier molecular flexibility index (Phi) is 5.11. The number of aliphatic hydroxyl groups is 1. The first-order valence-electron chi connectivity index (χ1n) is 8.45. The van der Waals surface area contributed by atoms with E-state index in [0.717, 1.165) is 45.6 Å². The molecular formula is C22H21NO3. The lowest BCUT2D eigenvalue weighted by Gasteiger charge is -2.21. The number of fused-ring (bicyclic) bond motifs is 1. The number of ether oxygens (including phenoxy) is 1. The van der Waals surface area contributed by atoms with Crippen molar-refractivity contribution in [2.24, 2.45) is 0 Å². The maximum Gasteiger partial charge on any atom is 0.245 e. The lowest BCUT2D eigenvalue weighted by molar-refractivity contribution is -0.125. The number of nitrogens with zero attached hydrogens (tertiary/aromatic N) is 1. The SMILES string of the molecule is C#Cc1ccc(-c2cc(CN(C)C(=O)C=C)c(CO)c3c2OCC3)cc1. The predicted molar refractivity (Wildman–Crippen MR) is 102 cm³/mol. The van der Waals surface area contributed by atoms with Gasteiger partial charge in [-0.15, -0.1) is 6.42 Å². The molecule has 0 bridgehead atoms. The fourth-order valence-electron chi connectivity index (χ4n) is 3.29. The Morgan fingerprint density at radius 2 is 2.15 bits per heavy atom. The molecule has 0 atom stereocenters. The van der Waals surface area contributed by atoms with Gasteiger partial charge in [0.1, 0.15) is 5.75 Å². The third-order valence-electron chi connectivity index (χ3n) is 4.67. The number of terminal acetylenes is 1. The Labute approximate surface area is 153 Å². The minimum Gasteiger partial charge on any atom is -0.492 e. The van der Waals surface area contributed by atoms with Crippen LogP contribution in [0, 0.1) is 12.3 Å². The van der Waals surface area contributed by atoms with E-state index in [1.54, 1.807) is 11.9 Å². The van der Waals surface area contributed by atoms with E-state index in [2.05, 4.69) is 12.5 Å². The van der Waals surface area contributed by atoms with Gasteiger partial charge < -0.3 is 14.7 Å². The highest BCUT2D eigenvalue weighted by Gasteiger charge is 2.24. The molecule has 132 valence electrons. The number of aliphatic hydroxyl groups excluding tert-OH is 1. The van der Waals surface area contributed by atoms with Gasteiger partial charge in [0.25, 0.3) is 0 Å². The van der Waals surface area contributed by atoms with Gasteiger partial charge in [-0.25, -0.2) is 0 Å².